The number of hydrogen-bond donors (Lipinski definition) is 2. The monoisotopic (exact) mass is 233 g/mol. The molecule has 0 saturated heterocycles. The van der Waals surface area contributed by atoms with Crippen LogP contribution in [0.4, 0.5) is 0 Å². The topological polar surface area (TPSA) is 85.3 Å². The second-order valence-corrected chi connectivity index (χ2v) is 3.66. The first-order valence-electron chi connectivity index (χ1n) is 5.58. The summed E-state index contributed by atoms with van der Waals surface area (Å²) >= 11 is 0. The Morgan fingerprint density at radius 2 is 2.29 bits per heavy atom. The largest absolute Gasteiger partial charge is 0.351 e. The molecule has 17 heavy (non-hydrogen) atoms. The van der Waals surface area contributed by atoms with Gasteiger partial charge >= 0.3 is 0 Å². The van der Waals surface area contributed by atoms with Crippen LogP contribution in [0.3, 0.4) is 0 Å². The maximum absolute atomic E-state index is 11.7. The van der Waals surface area contributed by atoms with Gasteiger partial charge in [-0.1, -0.05) is 6.92 Å². The number of pyridine rings is 1. The van der Waals surface area contributed by atoms with Crippen molar-refractivity contribution < 1.29 is 4.79 Å². The van der Waals surface area contributed by atoms with Gasteiger partial charge in [0.2, 0.25) is 0 Å². The van der Waals surface area contributed by atoms with Crippen molar-refractivity contribution in [3.05, 3.63) is 29.7 Å². The van der Waals surface area contributed by atoms with Gasteiger partial charge in [0.15, 0.2) is 5.65 Å². The summed E-state index contributed by atoms with van der Waals surface area (Å²) in [6, 6.07) is 3.51. The third kappa shape index (κ3) is 2.26. The Hall–Kier alpha value is -1.95. The first-order chi connectivity index (χ1) is 8.26. The summed E-state index contributed by atoms with van der Waals surface area (Å²) in [4.78, 5) is 11.7. The van der Waals surface area contributed by atoms with E-state index in [0.29, 0.717) is 18.7 Å². The molecule has 1 amide bonds. The average Bonchev–Trinajstić information content (AvgIpc) is 2.77. The Kier molecular flexibility index (Phi) is 3.34. The third-order valence-electron chi connectivity index (χ3n) is 2.48. The van der Waals surface area contributed by atoms with Crippen LogP contribution in [0.15, 0.2) is 18.3 Å². The highest BCUT2D eigenvalue weighted by molar-refractivity contribution is 5.94. The summed E-state index contributed by atoms with van der Waals surface area (Å²) in [5.74, 6) is 0.710. The molecule has 6 nitrogen and oxygen atoms in total. The first-order valence-corrected chi connectivity index (χ1v) is 5.58. The number of carbonyl (C=O) groups is 1. The number of rotatable bonds is 4. The second-order valence-electron chi connectivity index (χ2n) is 3.66. The normalized spacial score (nSPS) is 10.7. The van der Waals surface area contributed by atoms with Gasteiger partial charge < -0.3 is 11.1 Å². The van der Waals surface area contributed by atoms with Crippen molar-refractivity contribution in [3.8, 4) is 0 Å². The van der Waals surface area contributed by atoms with Gasteiger partial charge in [0.25, 0.3) is 5.91 Å². The number of nitrogens with one attached hydrogen (secondary N) is 1. The lowest BCUT2D eigenvalue weighted by atomic mass is 10.2. The summed E-state index contributed by atoms with van der Waals surface area (Å²) < 4.78 is 1.83. The number of hydrogen-bond acceptors (Lipinski definition) is 4. The molecule has 0 atom stereocenters. The van der Waals surface area contributed by atoms with Crippen molar-refractivity contribution in [2.75, 3.05) is 13.1 Å². The van der Waals surface area contributed by atoms with E-state index >= 15 is 0 Å². The van der Waals surface area contributed by atoms with Gasteiger partial charge in [0.05, 0.1) is 5.56 Å². The molecule has 0 aliphatic rings. The van der Waals surface area contributed by atoms with Crippen LogP contribution in [0, 0.1) is 0 Å². The van der Waals surface area contributed by atoms with Crippen LogP contribution in [0.1, 0.15) is 23.1 Å². The van der Waals surface area contributed by atoms with Crippen LogP contribution in [-0.2, 0) is 6.42 Å². The van der Waals surface area contributed by atoms with E-state index in [1.54, 1.807) is 18.3 Å². The second kappa shape index (κ2) is 4.92. The lowest BCUT2D eigenvalue weighted by Gasteiger charge is -2.04. The molecule has 0 unspecified atom stereocenters. The van der Waals surface area contributed by atoms with Crippen molar-refractivity contribution >= 4 is 11.6 Å². The van der Waals surface area contributed by atoms with Gasteiger partial charge in [-0.25, -0.2) is 0 Å². The van der Waals surface area contributed by atoms with E-state index in [1.807, 2.05) is 11.3 Å². The number of aromatic nitrogens is 3. The SMILES string of the molecule is CCc1nnc2ccc(C(=O)NCCN)cn12. The van der Waals surface area contributed by atoms with Crippen LogP contribution >= 0.6 is 0 Å². The van der Waals surface area contributed by atoms with E-state index in [2.05, 4.69) is 15.5 Å². The minimum atomic E-state index is -0.131. The standard InChI is InChI=1S/C11H15N5O/c1-2-9-14-15-10-4-3-8(7-16(9)10)11(17)13-6-5-12/h3-4,7H,2,5-6,12H2,1H3,(H,13,17). The van der Waals surface area contributed by atoms with E-state index in [9.17, 15) is 4.79 Å². The molecule has 0 aliphatic carbocycles. The highest BCUT2D eigenvalue weighted by Crippen LogP contribution is 2.07. The Balaban J connectivity index is 2.32. The number of nitrogens with two attached hydrogens (primary N) is 1. The Morgan fingerprint density at radius 1 is 1.47 bits per heavy atom. The van der Waals surface area contributed by atoms with E-state index in [1.165, 1.54) is 0 Å². The van der Waals surface area contributed by atoms with Crippen molar-refractivity contribution in [1.82, 2.24) is 19.9 Å². The molecule has 0 aromatic carbocycles. The van der Waals surface area contributed by atoms with Crippen molar-refractivity contribution in [2.45, 2.75) is 13.3 Å². The van der Waals surface area contributed by atoms with Gasteiger partial charge in [-0.2, -0.15) is 0 Å². The Labute approximate surface area is 98.8 Å². The van der Waals surface area contributed by atoms with Crippen LogP contribution in [0.5, 0.6) is 0 Å². The van der Waals surface area contributed by atoms with Gasteiger partial charge in [-0.3, -0.25) is 9.20 Å². The van der Waals surface area contributed by atoms with E-state index in [-0.39, 0.29) is 5.91 Å². The van der Waals surface area contributed by atoms with Crippen molar-refractivity contribution in [2.24, 2.45) is 5.73 Å². The molecule has 3 N–H and O–H groups in total. The molecular formula is C11H15N5O. The average molecular weight is 233 g/mol. The fraction of sp³-hybridized carbons (Fsp3) is 0.364. The zero-order chi connectivity index (χ0) is 12.3. The summed E-state index contributed by atoms with van der Waals surface area (Å²) in [7, 11) is 0. The molecule has 2 aromatic heterocycles. The Morgan fingerprint density at radius 3 is 3.00 bits per heavy atom. The van der Waals surface area contributed by atoms with Gasteiger partial charge in [0.1, 0.15) is 5.82 Å². The van der Waals surface area contributed by atoms with E-state index < -0.39 is 0 Å². The van der Waals surface area contributed by atoms with Gasteiger partial charge in [-0.15, -0.1) is 10.2 Å². The van der Waals surface area contributed by atoms with Crippen LogP contribution in [-0.4, -0.2) is 33.6 Å². The molecule has 0 aliphatic heterocycles. The molecule has 0 saturated carbocycles. The summed E-state index contributed by atoms with van der Waals surface area (Å²) in [6.07, 6.45) is 2.52. The molecule has 2 rings (SSSR count). The number of amides is 1. The number of aryl methyl sites for hydroxylation is 1. The maximum Gasteiger partial charge on any atom is 0.252 e. The Bertz CT molecular complexity index is 534. The van der Waals surface area contributed by atoms with Gasteiger partial charge in [-0.05, 0) is 12.1 Å². The molecule has 6 heteroatoms. The molecule has 2 aromatic rings. The fourth-order valence-corrected chi connectivity index (χ4v) is 1.60. The van der Waals surface area contributed by atoms with Crippen LogP contribution in [0.25, 0.3) is 5.65 Å². The van der Waals surface area contributed by atoms with Crippen LogP contribution < -0.4 is 11.1 Å². The highest BCUT2D eigenvalue weighted by atomic mass is 16.1. The molecular weight excluding hydrogens is 218 g/mol. The van der Waals surface area contributed by atoms with Gasteiger partial charge in [0, 0.05) is 25.7 Å². The lowest BCUT2D eigenvalue weighted by molar-refractivity contribution is 0.0954. The minimum absolute atomic E-state index is 0.131. The highest BCUT2D eigenvalue weighted by Gasteiger charge is 2.08. The van der Waals surface area contributed by atoms with E-state index in [0.717, 1.165) is 17.9 Å². The molecule has 0 spiro atoms. The zero-order valence-corrected chi connectivity index (χ0v) is 9.68. The van der Waals surface area contributed by atoms with E-state index in [4.69, 9.17) is 5.73 Å². The predicted octanol–water partition coefficient (Wildman–Crippen LogP) is -0.0198. The van der Waals surface area contributed by atoms with Crippen molar-refractivity contribution in [3.63, 3.8) is 0 Å². The predicted molar refractivity (Wildman–Crippen MR) is 63.8 cm³/mol. The zero-order valence-electron chi connectivity index (χ0n) is 9.68. The minimum Gasteiger partial charge on any atom is -0.351 e. The maximum atomic E-state index is 11.7. The molecule has 90 valence electrons. The van der Waals surface area contributed by atoms with Crippen molar-refractivity contribution in [1.29, 1.82) is 0 Å². The summed E-state index contributed by atoms with van der Waals surface area (Å²) in [6.45, 7) is 2.90. The smallest absolute Gasteiger partial charge is 0.252 e. The third-order valence-corrected chi connectivity index (χ3v) is 2.48. The summed E-state index contributed by atoms with van der Waals surface area (Å²) in [5.41, 5.74) is 6.67. The number of fused-ring (bicyclic) bond motifs is 1. The number of carbonyl (C=O) groups excluding carboxylic acids is 1. The lowest BCUT2D eigenvalue weighted by Crippen LogP contribution is -2.29. The quantitative estimate of drug-likeness (QED) is 0.777. The number of nitrogens with zero attached hydrogens (tertiary/aromatic N) is 3. The molecule has 0 radical (unpaired) electrons. The molecule has 2 heterocycles. The summed E-state index contributed by atoms with van der Waals surface area (Å²) in [5, 5.41) is 10.8. The molecule has 0 bridgehead atoms. The molecule has 0 fully saturated rings. The van der Waals surface area contributed by atoms with Crippen LogP contribution in [0.2, 0.25) is 0 Å². The first kappa shape index (κ1) is 11.5. The fourth-order valence-electron chi connectivity index (χ4n) is 1.60.